The number of thioether (sulfide) groups is 1. The van der Waals surface area contributed by atoms with Crippen molar-refractivity contribution in [3.8, 4) is 0 Å². The molecule has 2 aromatic carbocycles. The molecule has 0 radical (unpaired) electrons. The molecule has 0 amide bonds. The Bertz CT molecular complexity index is 604. The molecule has 0 saturated carbocycles. The maximum Gasteiger partial charge on any atom is 0.186 e. The molecule has 0 unspecified atom stereocenters. The summed E-state index contributed by atoms with van der Waals surface area (Å²) >= 11 is 4.96. The Labute approximate surface area is 119 Å². The van der Waals surface area contributed by atoms with Gasteiger partial charge in [-0.1, -0.05) is 60.3 Å². The second kappa shape index (κ2) is 6.21. The van der Waals surface area contributed by atoms with Crippen molar-refractivity contribution >= 4 is 49.7 Å². The van der Waals surface area contributed by atoms with Gasteiger partial charge in [-0.25, -0.2) is 0 Å². The highest BCUT2D eigenvalue weighted by atomic mass is 79.9. The fourth-order valence-corrected chi connectivity index (χ4v) is 2.77. The standard InChI is InChI=1S/C15H13BrOS/c1-11(17)18-10-4-6-13-9-8-12-5-2-3-7-14(12)15(13)16/h2-9H,10H2,1H3. The van der Waals surface area contributed by atoms with Gasteiger partial charge in [-0.3, -0.25) is 4.79 Å². The first kappa shape index (κ1) is 13.4. The Morgan fingerprint density at radius 2 is 2.06 bits per heavy atom. The minimum Gasteiger partial charge on any atom is -0.288 e. The smallest absolute Gasteiger partial charge is 0.186 e. The molecule has 0 aliphatic heterocycles. The number of carbonyl (C=O) groups excluding carboxylic acids is 1. The largest absolute Gasteiger partial charge is 0.288 e. The van der Waals surface area contributed by atoms with E-state index in [1.54, 1.807) is 6.92 Å². The number of carbonyl (C=O) groups is 1. The first-order valence-electron chi connectivity index (χ1n) is 5.65. The first-order chi connectivity index (χ1) is 8.68. The molecule has 2 aromatic rings. The summed E-state index contributed by atoms with van der Waals surface area (Å²) in [7, 11) is 0. The Kier molecular flexibility index (Phi) is 4.61. The van der Waals surface area contributed by atoms with Gasteiger partial charge < -0.3 is 0 Å². The molecule has 0 aliphatic carbocycles. The summed E-state index contributed by atoms with van der Waals surface area (Å²) in [6.07, 6.45) is 4.06. The second-order valence-electron chi connectivity index (χ2n) is 3.89. The zero-order valence-electron chi connectivity index (χ0n) is 10.0. The molecule has 0 N–H and O–H groups in total. The van der Waals surface area contributed by atoms with Crippen molar-refractivity contribution in [1.29, 1.82) is 0 Å². The van der Waals surface area contributed by atoms with Crippen LogP contribution in [-0.4, -0.2) is 10.9 Å². The number of rotatable bonds is 3. The monoisotopic (exact) mass is 320 g/mol. The van der Waals surface area contributed by atoms with E-state index in [0.717, 1.165) is 10.0 Å². The van der Waals surface area contributed by atoms with E-state index in [1.807, 2.05) is 24.3 Å². The van der Waals surface area contributed by atoms with E-state index in [2.05, 4.69) is 40.2 Å². The van der Waals surface area contributed by atoms with Gasteiger partial charge in [0, 0.05) is 17.1 Å². The van der Waals surface area contributed by atoms with Crippen LogP contribution in [0.5, 0.6) is 0 Å². The fraction of sp³-hybridized carbons (Fsp3) is 0.133. The summed E-state index contributed by atoms with van der Waals surface area (Å²) in [5.74, 6) is 0.717. The molecule has 0 heterocycles. The summed E-state index contributed by atoms with van der Waals surface area (Å²) in [6, 6.07) is 12.5. The Morgan fingerprint density at radius 3 is 2.83 bits per heavy atom. The maximum atomic E-state index is 10.8. The number of hydrogen-bond donors (Lipinski definition) is 0. The van der Waals surface area contributed by atoms with Gasteiger partial charge in [0.15, 0.2) is 5.12 Å². The van der Waals surface area contributed by atoms with Crippen LogP contribution in [0.15, 0.2) is 46.9 Å². The number of hydrogen-bond acceptors (Lipinski definition) is 2. The topological polar surface area (TPSA) is 17.1 Å². The fourth-order valence-electron chi connectivity index (χ4n) is 1.72. The maximum absolute atomic E-state index is 10.8. The normalized spacial score (nSPS) is 11.2. The van der Waals surface area contributed by atoms with E-state index < -0.39 is 0 Å². The average molecular weight is 321 g/mol. The molecule has 0 saturated heterocycles. The minimum atomic E-state index is 0.150. The molecule has 0 aliphatic rings. The van der Waals surface area contributed by atoms with Crippen molar-refractivity contribution in [3.05, 3.63) is 52.5 Å². The molecular weight excluding hydrogens is 308 g/mol. The number of fused-ring (bicyclic) bond motifs is 1. The Hall–Kier alpha value is -1.06. The molecule has 92 valence electrons. The highest BCUT2D eigenvalue weighted by Gasteiger charge is 2.01. The summed E-state index contributed by atoms with van der Waals surface area (Å²) in [6.45, 7) is 1.59. The van der Waals surface area contributed by atoms with E-state index >= 15 is 0 Å². The Morgan fingerprint density at radius 1 is 1.28 bits per heavy atom. The zero-order chi connectivity index (χ0) is 13.0. The second-order valence-corrected chi connectivity index (χ2v) is 5.88. The van der Waals surface area contributed by atoms with Crippen molar-refractivity contribution in [2.45, 2.75) is 6.92 Å². The van der Waals surface area contributed by atoms with Crippen LogP contribution in [0, 0.1) is 0 Å². The SMILES string of the molecule is CC(=O)SCC=Cc1ccc2ccccc2c1Br. The highest BCUT2D eigenvalue weighted by Crippen LogP contribution is 2.28. The van der Waals surface area contributed by atoms with Crippen molar-refractivity contribution in [3.63, 3.8) is 0 Å². The highest BCUT2D eigenvalue weighted by molar-refractivity contribution is 9.10. The first-order valence-corrected chi connectivity index (χ1v) is 7.43. The summed E-state index contributed by atoms with van der Waals surface area (Å²) < 4.78 is 1.10. The van der Waals surface area contributed by atoms with Crippen LogP contribution in [0.4, 0.5) is 0 Å². The molecule has 0 atom stereocenters. The zero-order valence-corrected chi connectivity index (χ0v) is 12.4. The van der Waals surface area contributed by atoms with E-state index in [9.17, 15) is 4.79 Å². The third-order valence-corrected chi connectivity index (χ3v) is 4.22. The number of benzene rings is 2. The molecule has 0 fully saturated rings. The van der Waals surface area contributed by atoms with Gasteiger partial charge in [-0.2, -0.15) is 0 Å². The van der Waals surface area contributed by atoms with Crippen LogP contribution in [0.1, 0.15) is 12.5 Å². The summed E-state index contributed by atoms with van der Waals surface area (Å²) in [4.78, 5) is 10.8. The van der Waals surface area contributed by atoms with Crippen LogP contribution < -0.4 is 0 Å². The van der Waals surface area contributed by atoms with Crippen LogP contribution in [-0.2, 0) is 4.79 Å². The summed E-state index contributed by atoms with van der Waals surface area (Å²) in [5.41, 5.74) is 1.14. The molecular formula is C15H13BrOS. The van der Waals surface area contributed by atoms with Gasteiger partial charge >= 0.3 is 0 Å². The van der Waals surface area contributed by atoms with E-state index in [-0.39, 0.29) is 5.12 Å². The molecule has 3 heteroatoms. The molecule has 2 rings (SSSR count). The van der Waals surface area contributed by atoms with Gasteiger partial charge in [0.1, 0.15) is 0 Å². The van der Waals surface area contributed by atoms with Gasteiger partial charge in [-0.05, 0) is 32.3 Å². The number of halogens is 1. The lowest BCUT2D eigenvalue weighted by Gasteiger charge is -2.04. The van der Waals surface area contributed by atoms with Crippen LogP contribution in [0.25, 0.3) is 16.8 Å². The van der Waals surface area contributed by atoms with E-state index in [4.69, 9.17) is 0 Å². The van der Waals surface area contributed by atoms with Gasteiger partial charge in [0.25, 0.3) is 0 Å². The lowest BCUT2D eigenvalue weighted by Crippen LogP contribution is -1.83. The summed E-state index contributed by atoms with van der Waals surface area (Å²) in [5, 5.41) is 2.58. The van der Waals surface area contributed by atoms with E-state index in [0.29, 0.717) is 5.75 Å². The lowest BCUT2D eigenvalue weighted by atomic mass is 10.1. The quantitative estimate of drug-likeness (QED) is 0.800. The van der Waals surface area contributed by atoms with Gasteiger partial charge in [0.2, 0.25) is 0 Å². The third kappa shape index (κ3) is 3.24. The molecule has 0 bridgehead atoms. The predicted octanol–water partition coefficient (Wildman–Crippen LogP) is 4.90. The molecule has 0 aromatic heterocycles. The van der Waals surface area contributed by atoms with Crippen LogP contribution >= 0.6 is 27.7 Å². The van der Waals surface area contributed by atoms with Crippen molar-refractivity contribution in [1.82, 2.24) is 0 Å². The van der Waals surface area contributed by atoms with Gasteiger partial charge in [0.05, 0.1) is 0 Å². The third-order valence-electron chi connectivity index (χ3n) is 2.57. The van der Waals surface area contributed by atoms with Crippen LogP contribution in [0.2, 0.25) is 0 Å². The Balaban J connectivity index is 2.24. The van der Waals surface area contributed by atoms with E-state index in [1.165, 1.54) is 22.5 Å². The average Bonchev–Trinajstić information content (AvgIpc) is 2.37. The molecule has 0 spiro atoms. The minimum absolute atomic E-state index is 0.150. The van der Waals surface area contributed by atoms with Crippen molar-refractivity contribution in [2.24, 2.45) is 0 Å². The van der Waals surface area contributed by atoms with Crippen LogP contribution in [0.3, 0.4) is 0 Å². The van der Waals surface area contributed by atoms with Crippen molar-refractivity contribution < 1.29 is 4.79 Å². The van der Waals surface area contributed by atoms with Gasteiger partial charge in [-0.15, -0.1) is 0 Å². The van der Waals surface area contributed by atoms with Crippen molar-refractivity contribution in [2.75, 3.05) is 5.75 Å². The molecule has 18 heavy (non-hydrogen) atoms. The molecule has 1 nitrogen and oxygen atoms in total. The predicted molar refractivity (Wildman–Crippen MR) is 83.8 cm³/mol. The lowest BCUT2D eigenvalue weighted by molar-refractivity contribution is -0.109.